The molecule has 2 atom stereocenters. The van der Waals surface area contributed by atoms with Crippen molar-refractivity contribution >= 4 is 11.7 Å². The summed E-state index contributed by atoms with van der Waals surface area (Å²) in [7, 11) is 0. The molecule has 34 heavy (non-hydrogen) atoms. The number of piperidine rings is 1. The minimum Gasteiger partial charge on any atom is -0.481 e. The number of alkyl halides is 3. The van der Waals surface area contributed by atoms with Gasteiger partial charge in [-0.1, -0.05) is 6.07 Å². The molecule has 184 valence electrons. The zero-order valence-electron chi connectivity index (χ0n) is 19.1. The highest BCUT2D eigenvalue weighted by molar-refractivity contribution is 5.66. The van der Waals surface area contributed by atoms with Gasteiger partial charge in [0.1, 0.15) is 0 Å². The molecule has 2 saturated heterocycles. The number of benzene rings is 1. The van der Waals surface area contributed by atoms with E-state index in [4.69, 9.17) is 0 Å². The van der Waals surface area contributed by atoms with Crippen molar-refractivity contribution < 1.29 is 23.1 Å². The number of rotatable bonds is 7. The highest BCUT2D eigenvalue weighted by atomic mass is 19.4. The van der Waals surface area contributed by atoms with E-state index in [9.17, 15) is 23.1 Å². The topological polar surface area (TPSA) is 59.9 Å². The van der Waals surface area contributed by atoms with Gasteiger partial charge in [0.2, 0.25) is 0 Å². The molecule has 0 amide bonds. The molecule has 0 radical (unpaired) electrons. The predicted octanol–water partition coefficient (Wildman–Crippen LogP) is 3.98. The van der Waals surface area contributed by atoms with E-state index in [0.717, 1.165) is 45.2 Å². The third kappa shape index (κ3) is 6.27. The van der Waals surface area contributed by atoms with E-state index in [1.807, 2.05) is 17.0 Å². The first-order valence-electron chi connectivity index (χ1n) is 11.8. The largest absolute Gasteiger partial charge is 0.481 e. The number of hydrogen-bond acceptors (Lipinski definition) is 5. The molecule has 0 spiro atoms. The Morgan fingerprint density at radius 1 is 1.06 bits per heavy atom. The number of aromatic nitrogens is 1. The molecule has 0 bridgehead atoms. The number of anilines is 1. The van der Waals surface area contributed by atoms with Gasteiger partial charge in [0.15, 0.2) is 0 Å². The van der Waals surface area contributed by atoms with E-state index >= 15 is 0 Å². The Hall–Kier alpha value is -2.65. The van der Waals surface area contributed by atoms with E-state index in [1.165, 1.54) is 17.7 Å². The summed E-state index contributed by atoms with van der Waals surface area (Å²) < 4.78 is 39.3. The average molecular weight is 477 g/mol. The number of pyridine rings is 1. The van der Waals surface area contributed by atoms with E-state index < -0.39 is 17.7 Å². The number of nitrogens with zero attached hydrogens (tertiary/aromatic N) is 4. The molecule has 2 aromatic rings. The molecule has 2 aliphatic heterocycles. The maximum atomic E-state index is 13.1. The average Bonchev–Trinajstić information content (AvgIpc) is 2.83. The number of piperazine rings is 1. The second-order valence-electron chi connectivity index (χ2n) is 9.21. The van der Waals surface area contributed by atoms with Gasteiger partial charge in [0.25, 0.3) is 0 Å². The Balaban J connectivity index is 1.38. The number of likely N-dealkylation sites (tertiary alicyclic amines) is 1. The van der Waals surface area contributed by atoms with E-state index in [0.29, 0.717) is 25.2 Å². The maximum Gasteiger partial charge on any atom is 0.416 e. The zero-order chi connectivity index (χ0) is 24.1. The van der Waals surface area contributed by atoms with Crippen molar-refractivity contribution in [3.63, 3.8) is 0 Å². The first-order chi connectivity index (χ1) is 16.3. The van der Waals surface area contributed by atoms with Crippen molar-refractivity contribution in [2.45, 2.75) is 38.0 Å². The van der Waals surface area contributed by atoms with Gasteiger partial charge in [-0.15, -0.1) is 0 Å². The van der Waals surface area contributed by atoms with Crippen LogP contribution in [0.25, 0.3) is 0 Å². The van der Waals surface area contributed by atoms with Gasteiger partial charge in [-0.05, 0) is 61.2 Å². The highest BCUT2D eigenvalue weighted by Gasteiger charge is 2.35. The number of carbonyl (C=O) groups is 1. The monoisotopic (exact) mass is 476 g/mol. The third-order valence-corrected chi connectivity index (χ3v) is 6.98. The summed E-state index contributed by atoms with van der Waals surface area (Å²) in [5.74, 6) is -0.536. The van der Waals surface area contributed by atoms with Crippen LogP contribution >= 0.6 is 0 Å². The number of halogens is 3. The maximum absolute atomic E-state index is 13.1. The van der Waals surface area contributed by atoms with Crippen LogP contribution < -0.4 is 4.90 Å². The lowest BCUT2D eigenvalue weighted by molar-refractivity contribution is -0.138. The van der Waals surface area contributed by atoms with Gasteiger partial charge in [0, 0.05) is 69.8 Å². The molecular formula is C25H31F3N4O2. The second kappa shape index (κ2) is 10.7. The van der Waals surface area contributed by atoms with Gasteiger partial charge in [-0.25, -0.2) is 0 Å². The van der Waals surface area contributed by atoms with Crippen LogP contribution in [0.15, 0.2) is 48.8 Å². The summed E-state index contributed by atoms with van der Waals surface area (Å²) in [6, 6.07) is 9.83. The lowest BCUT2D eigenvalue weighted by Crippen LogP contribution is -2.56. The van der Waals surface area contributed by atoms with Gasteiger partial charge in [0.05, 0.1) is 5.56 Å². The van der Waals surface area contributed by atoms with Gasteiger partial charge >= 0.3 is 12.1 Å². The zero-order valence-corrected chi connectivity index (χ0v) is 19.1. The number of carboxylic acids is 1. The fourth-order valence-electron chi connectivity index (χ4n) is 5.25. The van der Waals surface area contributed by atoms with Crippen LogP contribution in [0.4, 0.5) is 18.9 Å². The summed E-state index contributed by atoms with van der Waals surface area (Å²) in [4.78, 5) is 22.2. The van der Waals surface area contributed by atoms with Crippen LogP contribution in [0.1, 0.15) is 30.4 Å². The van der Waals surface area contributed by atoms with Crippen molar-refractivity contribution in [3.8, 4) is 0 Å². The van der Waals surface area contributed by atoms with Crippen LogP contribution in [0.2, 0.25) is 0 Å². The van der Waals surface area contributed by atoms with Gasteiger partial charge in [-0.3, -0.25) is 19.6 Å². The third-order valence-electron chi connectivity index (χ3n) is 6.98. The lowest BCUT2D eigenvalue weighted by atomic mass is 9.86. The fourth-order valence-corrected chi connectivity index (χ4v) is 5.25. The van der Waals surface area contributed by atoms with Crippen LogP contribution in [-0.2, 0) is 17.5 Å². The first kappa shape index (κ1) is 24.5. The number of hydrogen-bond donors (Lipinski definition) is 1. The van der Waals surface area contributed by atoms with Gasteiger partial charge < -0.3 is 10.0 Å². The molecule has 6 nitrogen and oxygen atoms in total. The highest BCUT2D eigenvalue weighted by Crippen LogP contribution is 2.33. The summed E-state index contributed by atoms with van der Waals surface area (Å²) >= 11 is 0. The molecule has 2 aliphatic rings. The Morgan fingerprint density at radius 2 is 1.79 bits per heavy atom. The lowest BCUT2D eigenvalue weighted by Gasteiger charge is -2.47. The molecule has 0 unspecified atom stereocenters. The first-order valence-corrected chi connectivity index (χ1v) is 11.8. The van der Waals surface area contributed by atoms with Crippen molar-refractivity contribution in [3.05, 3.63) is 59.9 Å². The number of carboxylic acid groups (broad SMARTS) is 1. The molecule has 2 fully saturated rings. The molecule has 0 aliphatic carbocycles. The smallest absolute Gasteiger partial charge is 0.416 e. The molecule has 3 heterocycles. The Bertz CT molecular complexity index is 949. The van der Waals surface area contributed by atoms with Crippen molar-refractivity contribution in [2.24, 2.45) is 5.92 Å². The normalized spacial score (nSPS) is 22.6. The summed E-state index contributed by atoms with van der Waals surface area (Å²) in [6.07, 6.45) is 0.954. The minimum absolute atomic E-state index is 0.147. The van der Waals surface area contributed by atoms with Crippen LogP contribution in [0.3, 0.4) is 0 Å². The molecular weight excluding hydrogens is 445 g/mol. The summed E-state index contributed by atoms with van der Waals surface area (Å²) in [5, 5.41) is 9.26. The van der Waals surface area contributed by atoms with E-state index in [2.05, 4.69) is 14.8 Å². The predicted molar refractivity (Wildman–Crippen MR) is 124 cm³/mol. The van der Waals surface area contributed by atoms with Gasteiger partial charge in [-0.2, -0.15) is 13.2 Å². The van der Waals surface area contributed by atoms with E-state index in [-0.39, 0.29) is 18.4 Å². The van der Waals surface area contributed by atoms with Crippen molar-refractivity contribution in [1.82, 2.24) is 14.8 Å². The number of aliphatic carboxylic acids is 1. The molecule has 1 N–H and O–H groups in total. The SMILES string of the molecule is O=C(O)CC[C@H]1CN(Cc2ccncc2)CC[C@H]1N1CCN(c2cccc(C(F)(F)F)c2)CC1. The molecule has 0 saturated carbocycles. The van der Waals surface area contributed by atoms with Crippen molar-refractivity contribution in [2.75, 3.05) is 44.2 Å². The van der Waals surface area contributed by atoms with Crippen LogP contribution in [0.5, 0.6) is 0 Å². The molecule has 4 rings (SSSR count). The second-order valence-corrected chi connectivity index (χ2v) is 9.21. The summed E-state index contributed by atoms with van der Waals surface area (Å²) in [6.45, 7) is 5.43. The fraction of sp³-hybridized carbons (Fsp3) is 0.520. The standard InChI is InChI=1S/C25H31F3N4O2/c26-25(27,28)21-2-1-3-22(16-21)31-12-14-32(15-13-31)23-8-11-30(17-19-6-9-29-10-7-19)18-20(23)4-5-24(33)34/h1-3,6-7,9-10,16,20,23H,4-5,8,11-15,17-18H2,(H,33,34)/t20-,23+/m0/s1. The summed E-state index contributed by atoms with van der Waals surface area (Å²) in [5.41, 5.74) is 1.17. The molecule has 9 heteroatoms. The Kier molecular flexibility index (Phi) is 7.73. The van der Waals surface area contributed by atoms with Crippen LogP contribution in [0, 0.1) is 5.92 Å². The molecule has 1 aromatic carbocycles. The van der Waals surface area contributed by atoms with E-state index in [1.54, 1.807) is 18.5 Å². The Labute approximate surface area is 198 Å². The minimum atomic E-state index is -4.35. The molecule has 1 aromatic heterocycles. The Morgan fingerprint density at radius 3 is 2.47 bits per heavy atom. The van der Waals surface area contributed by atoms with Crippen LogP contribution in [-0.4, -0.2) is 71.2 Å². The quantitative estimate of drug-likeness (QED) is 0.653. The van der Waals surface area contributed by atoms with Crippen molar-refractivity contribution in [1.29, 1.82) is 0 Å².